The summed E-state index contributed by atoms with van der Waals surface area (Å²) in [5, 5.41) is 5.18. The van der Waals surface area contributed by atoms with Crippen molar-refractivity contribution in [1.29, 1.82) is 0 Å². The monoisotopic (exact) mass is 467 g/mol. The van der Waals surface area contributed by atoms with Gasteiger partial charge in [0.15, 0.2) is 0 Å². The van der Waals surface area contributed by atoms with E-state index in [4.69, 9.17) is 0 Å². The van der Waals surface area contributed by atoms with Gasteiger partial charge >= 0.3 is 0 Å². The molecule has 0 bridgehead atoms. The highest BCUT2D eigenvalue weighted by Crippen LogP contribution is 2.26. The topological polar surface area (TPSA) is 69.9 Å². The van der Waals surface area contributed by atoms with Crippen LogP contribution in [0.15, 0.2) is 52.5 Å². The molecule has 3 aromatic rings. The molecular weight excluding hydrogens is 434 g/mol. The minimum absolute atomic E-state index is 0.199. The van der Waals surface area contributed by atoms with Crippen molar-refractivity contribution in [2.75, 3.05) is 39.8 Å². The summed E-state index contributed by atoms with van der Waals surface area (Å²) in [6.45, 7) is 12.7. The van der Waals surface area contributed by atoms with Gasteiger partial charge in [-0.3, -0.25) is 4.90 Å². The lowest BCUT2D eigenvalue weighted by molar-refractivity contribution is 0.150. The zero-order chi connectivity index (χ0) is 23.6. The van der Waals surface area contributed by atoms with Crippen molar-refractivity contribution in [3.63, 3.8) is 0 Å². The number of likely N-dealkylation sites (N-methyl/N-ethyl adjacent to an activating group) is 1. The fourth-order valence-corrected chi connectivity index (χ4v) is 5.08. The summed E-state index contributed by atoms with van der Waals surface area (Å²) in [4.78, 5) is 7.41. The predicted octanol–water partition coefficient (Wildman–Crippen LogP) is 3.13. The van der Waals surface area contributed by atoms with Crippen LogP contribution in [0.25, 0.3) is 10.9 Å². The first-order valence-electron chi connectivity index (χ1n) is 11.4. The van der Waals surface area contributed by atoms with Crippen molar-refractivity contribution < 1.29 is 8.42 Å². The van der Waals surface area contributed by atoms with Crippen molar-refractivity contribution in [3.8, 4) is 0 Å². The molecule has 0 unspecified atom stereocenters. The molecule has 8 heteroatoms. The van der Waals surface area contributed by atoms with E-state index in [0.29, 0.717) is 0 Å². The highest BCUT2D eigenvalue weighted by Gasteiger charge is 2.16. The summed E-state index contributed by atoms with van der Waals surface area (Å²) in [5.74, 6) is 0. The third kappa shape index (κ3) is 5.29. The number of nitrogens with one attached hydrogen (secondary N) is 1. The second-order valence-corrected chi connectivity index (χ2v) is 10.6. The van der Waals surface area contributed by atoms with Crippen LogP contribution in [0.2, 0.25) is 0 Å². The van der Waals surface area contributed by atoms with Gasteiger partial charge in [0.25, 0.3) is 10.0 Å². The first-order valence-corrected chi connectivity index (χ1v) is 12.8. The highest BCUT2D eigenvalue weighted by molar-refractivity contribution is 7.89. The summed E-state index contributed by atoms with van der Waals surface area (Å²) < 4.78 is 27.3. The highest BCUT2D eigenvalue weighted by atomic mass is 32.2. The summed E-state index contributed by atoms with van der Waals surface area (Å²) >= 11 is 0. The molecule has 0 radical (unpaired) electrons. The maximum Gasteiger partial charge on any atom is 0.276 e. The van der Waals surface area contributed by atoms with Crippen LogP contribution in [0, 0.1) is 20.8 Å². The van der Waals surface area contributed by atoms with E-state index in [1.165, 1.54) is 22.2 Å². The Morgan fingerprint density at radius 2 is 1.67 bits per heavy atom. The number of sulfonamides is 1. The molecule has 1 saturated heterocycles. The van der Waals surface area contributed by atoms with Gasteiger partial charge in [0.05, 0.1) is 11.1 Å². The number of aryl methyl sites for hydroxylation is 2. The van der Waals surface area contributed by atoms with Crippen LogP contribution in [0.3, 0.4) is 0 Å². The number of rotatable bonds is 7. The lowest BCUT2D eigenvalue weighted by atomic mass is 10.1. The molecule has 1 aliphatic rings. The van der Waals surface area contributed by atoms with Crippen molar-refractivity contribution in [2.45, 2.75) is 32.2 Å². The zero-order valence-electron chi connectivity index (χ0n) is 19.9. The molecule has 33 heavy (non-hydrogen) atoms. The van der Waals surface area contributed by atoms with Gasteiger partial charge in [-0.15, -0.1) is 0 Å². The molecular formula is C25H33N5O2S. The average molecular weight is 468 g/mol. The SMILES string of the molecule is Cc1ccc(S(=O)(=O)N/N=C/c2ccc3c(c2)c(C)c(C)n3CCN2CCN(C)CC2)cc1. The van der Waals surface area contributed by atoms with Crippen molar-refractivity contribution in [2.24, 2.45) is 5.10 Å². The molecule has 0 spiro atoms. The van der Waals surface area contributed by atoms with E-state index in [2.05, 4.69) is 57.3 Å². The Bertz CT molecular complexity index is 1250. The number of aromatic nitrogens is 1. The number of piperazine rings is 1. The number of benzene rings is 2. The number of hydrogen-bond acceptors (Lipinski definition) is 5. The van der Waals surface area contributed by atoms with E-state index >= 15 is 0 Å². The van der Waals surface area contributed by atoms with Gasteiger partial charge in [0, 0.05) is 55.9 Å². The molecule has 2 aromatic carbocycles. The van der Waals surface area contributed by atoms with Crippen LogP contribution in [-0.4, -0.2) is 68.8 Å². The molecule has 1 N–H and O–H groups in total. The normalized spacial score (nSPS) is 16.1. The molecule has 176 valence electrons. The maximum absolute atomic E-state index is 12.4. The largest absolute Gasteiger partial charge is 0.343 e. The molecule has 1 fully saturated rings. The van der Waals surface area contributed by atoms with Gasteiger partial charge < -0.3 is 9.47 Å². The molecule has 0 amide bonds. The Labute approximate surface area is 196 Å². The molecule has 0 saturated carbocycles. The lowest BCUT2D eigenvalue weighted by Gasteiger charge is -2.32. The minimum atomic E-state index is -3.68. The first kappa shape index (κ1) is 23.5. The van der Waals surface area contributed by atoms with Crippen LogP contribution < -0.4 is 4.83 Å². The van der Waals surface area contributed by atoms with Crippen LogP contribution in [0.4, 0.5) is 0 Å². The van der Waals surface area contributed by atoms with E-state index in [-0.39, 0.29) is 4.90 Å². The van der Waals surface area contributed by atoms with Crippen LogP contribution in [-0.2, 0) is 16.6 Å². The Kier molecular flexibility index (Phi) is 6.88. The van der Waals surface area contributed by atoms with Crippen LogP contribution in [0.5, 0.6) is 0 Å². The number of nitrogens with zero attached hydrogens (tertiary/aromatic N) is 4. The fraction of sp³-hybridized carbons (Fsp3) is 0.400. The van der Waals surface area contributed by atoms with Gasteiger partial charge in [-0.25, -0.2) is 4.83 Å². The first-order chi connectivity index (χ1) is 15.7. The van der Waals surface area contributed by atoms with Gasteiger partial charge in [0.2, 0.25) is 0 Å². The van der Waals surface area contributed by atoms with E-state index in [1.54, 1.807) is 30.5 Å². The predicted molar refractivity (Wildman–Crippen MR) is 134 cm³/mol. The summed E-state index contributed by atoms with van der Waals surface area (Å²) in [6, 6.07) is 12.9. The smallest absolute Gasteiger partial charge is 0.276 e. The summed E-state index contributed by atoms with van der Waals surface area (Å²) in [5.41, 5.74) is 5.59. The molecule has 0 aliphatic carbocycles. The second kappa shape index (κ2) is 9.67. The van der Waals surface area contributed by atoms with Gasteiger partial charge in [0.1, 0.15) is 0 Å². The average Bonchev–Trinajstić information content (AvgIpc) is 3.03. The Hall–Kier alpha value is -2.68. The number of fused-ring (bicyclic) bond motifs is 1. The molecule has 0 atom stereocenters. The zero-order valence-corrected chi connectivity index (χ0v) is 20.7. The van der Waals surface area contributed by atoms with Crippen molar-refractivity contribution in [3.05, 3.63) is 64.8 Å². The van der Waals surface area contributed by atoms with E-state index in [9.17, 15) is 8.42 Å². The quantitative estimate of drug-likeness (QED) is 0.428. The van der Waals surface area contributed by atoms with Crippen LogP contribution in [0.1, 0.15) is 22.4 Å². The van der Waals surface area contributed by atoms with Crippen molar-refractivity contribution >= 4 is 27.1 Å². The fourth-order valence-electron chi connectivity index (χ4n) is 4.29. The standard InChI is InChI=1S/C25H33N5O2S/c1-19-5-8-23(9-6-19)33(31,32)27-26-18-22-7-10-25-24(17-22)20(2)21(3)30(25)16-15-29-13-11-28(4)12-14-29/h5-10,17-18,27H,11-16H2,1-4H3/b26-18+. The lowest BCUT2D eigenvalue weighted by Crippen LogP contribution is -2.45. The van der Waals surface area contributed by atoms with E-state index < -0.39 is 10.0 Å². The van der Waals surface area contributed by atoms with E-state index in [1.807, 2.05) is 13.0 Å². The third-order valence-corrected chi connectivity index (χ3v) is 7.86. The third-order valence-electron chi connectivity index (χ3n) is 6.62. The second-order valence-electron chi connectivity index (χ2n) is 8.95. The number of hydrogen-bond donors (Lipinski definition) is 1. The Morgan fingerprint density at radius 3 is 2.36 bits per heavy atom. The Balaban J connectivity index is 1.47. The van der Waals surface area contributed by atoms with Crippen LogP contribution >= 0.6 is 0 Å². The number of hydrazone groups is 1. The minimum Gasteiger partial charge on any atom is -0.343 e. The van der Waals surface area contributed by atoms with Gasteiger partial charge in [-0.1, -0.05) is 23.8 Å². The molecule has 4 rings (SSSR count). The Morgan fingerprint density at radius 1 is 0.970 bits per heavy atom. The molecule has 7 nitrogen and oxygen atoms in total. The summed E-state index contributed by atoms with van der Waals surface area (Å²) in [7, 11) is -1.50. The maximum atomic E-state index is 12.4. The van der Waals surface area contributed by atoms with Crippen molar-refractivity contribution in [1.82, 2.24) is 19.2 Å². The molecule has 1 aliphatic heterocycles. The van der Waals surface area contributed by atoms with Gasteiger partial charge in [-0.2, -0.15) is 13.5 Å². The van der Waals surface area contributed by atoms with Gasteiger partial charge in [-0.05, 0) is 63.2 Å². The van der Waals surface area contributed by atoms with E-state index in [0.717, 1.165) is 50.4 Å². The summed E-state index contributed by atoms with van der Waals surface area (Å²) in [6.07, 6.45) is 1.56. The molecule has 2 heterocycles. The molecule has 1 aromatic heterocycles.